The number of carbonyl (C=O) groups is 1. The monoisotopic (exact) mass is 541 g/mol. The summed E-state index contributed by atoms with van der Waals surface area (Å²) in [6, 6.07) is 10.3. The smallest absolute Gasteiger partial charge is 0.217 e. The van der Waals surface area contributed by atoms with Crippen molar-refractivity contribution >= 4 is 33.6 Å². The van der Waals surface area contributed by atoms with Gasteiger partial charge in [0.25, 0.3) is 0 Å². The summed E-state index contributed by atoms with van der Waals surface area (Å²) in [4.78, 5) is 18.8. The average Bonchev–Trinajstić information content (AvgIpc) is 3.61. The van der Waals surface area contributed by atoms with Crippen molar-refractivity contribution in [3.63, 3.8) is 0 Å². The summed E-state index contributed by atoms with van der Waals surface area (Å²) in [5, 5.41) is 31.3. The lowest BCUT2D eigenvalue weighted by atomic mass is 9.92. The van der Waals surface area contributed by atoms with Crippen LogP contribution >= 0.6 is 11.3 Å². The molecule has 11 nitrogen and oxygen atoms in total. The Bertz CT molecular complexity index is 1590. The molecule has 4 aromatic heterocycles. The van der Waals surface area contributed by atoms with Crippen LogP contribution in [-0.4, -0.2) is 69.1 Å². The van der Waals surface area contributed by atoms with Crippen molar-refractivity contribution in [2.45, 2.75) is 31.8 Å². The normalized spacial score (nSPS) is 22.5. The molecular formula is C27H27N9O2S. The molecule has 3 fully saturated rings. The van der Waals surface area contributed by atoms with Crippen molar-refractivity contribution in [2.75, 3.05) is 36.5 Å². The number of amides is 1. The lowest BCUT2D eigenvalue weighted by Crippen LogP contribution is -2.52. The average molecular weight is 542 g/mol. The van der Waals surface area contributed by atoms with Gasteiger partial charge in [0.2, 0.25) is 11.0 Å². The minimum Gasteiger partial charge on any atom is -0.377 e. The number of hydrogen-bond donors (Lipinski definition) is 2. The maximum Gasteiger partial charge on any atom is 0.217 e. The fourth-order valence-corrected chi connectivity index (χ4v) is 6.87. The highest BCUT2D eigenvalue weighted by molar-refractivity contribution is 7.18. The van der Waals surface area contributed by atoms with Crippen LogP contribution in [0.15, 0.2) is 36.7 Å². The number of hydrogen-bond acceptors (Lipinski definition) is 10. The Morgan fingerprint density at radius 1 is 1.15 bits per heavy atom. The number of piperidine rings is 1. The van der Waals surface area contributed by atoms with E-state index in [1.165, 1.54) is 0 Å². The van der Waals surface area contributed by atoms with Crippen LogP contribution in [0.2, 0.25) is 0 Å². The molecule has 2 saturated heterocycles. The van der Waals surface area contributed by atoms with Crippen molar-refractivity contribution in [1.29, 1.82) is 5.26 Å². The zero-order valence-electron chi connectivity index (χ0n) is 21.4. The van der Waals surface area contributed by atoms with E-state index >= 15 is 0 Å². The van der Waals surface area contributed by atoms with Crippen LogP contribution in [0, 0.1) is 23.2 Å². The van der Waals surface area contributed by atoms with Gasteiger partial charge in [-0.3, -0.25) is 9.78 Å². The molecule has 2 N–H and O–H groups in total. The molecule has 1 aliphatic carbocycles. The van der Waals surface area contributed by atoms with E-state index in [0.717, 1.165) is 64.2 Å². The first-order valence-corrected chi connectivity index (χ1v) is 14.0. The highest BCUT2D eigenvalue weighted by Gasteiger charge is 2.43. The predicted molar refractivity (Wildman–Crippen MR) is 146 cm³/mol. The van der Waals surface area contributed by atoms with E-state index in [4.69, 9.17) is 9.72 Å². The van der Waals surface area contributed by atoms with Crippen LogP contribution in [0.5, 0.6) is 0 Å². The van der Waals surface area contributed by atoms with Gasteiger partial charge in [0.1, 0.15) is 6.07 Å². The Morgan fingerprint density at radius 2 is 1.97 bits per heavy atom. The van der Waals surface area contributed by atoms with Gasteiger partial charge >= 0.3 is 0 Å². The van der Waals surface area contributed by atoms with Gasteiger partial charge in [0.05, 0.1) is 53.5 Å². The highest BCUT2D eigenvalue weighted by atomic mass is 32.1. The number of rotatable bonds is 6. The Labute approximate surface area is 228 Å². The molecule has 39 heavy (non-hydrogen) atoms. The number of anilines is 2. The number of fused-ring (bicyclic) bond motifs is 3. The van der Waals surface area contributed by atoms with Crippen LogP contribution in [0.3, 0.4) is 0 Å². The molecule has 2 bridgehead atoms. The SMILES string of the molecule is CC(=O)NC1[C@@H]2CC[C@H]1CN(c1nnc(-c3cnc(-c4ccc5cc(C#N)cnn45)cc3NC3COC3)s1)C2. The summed E-state index contributed by atoms with van der Waals surface area (Å²) < 4.78 is 7.19. The summed E-state index contributed by atoms with van der Waals surface area (Å²) in [6.45, 7) is 4.65. The number of aromatic nitrogens is 5. The molecule has 1 unspecified atom stereocenters. The molecular weight excluding hydrogens is 514 g/mol. The van der Waals surface area contributed by atoms with Crippen molar-refractivity contribution < 1.29 is 9.53 Å². The van der Waals surface area contributed by atoms with E-state index in [-0.39, 0.29) is 18.0 Å². The standard InChI is InChI=1S/C27H27N9O2S/c1-15(37)31-25-17-2-3-18(25)12-35(11-17)27-34-33-26(39-27)21-10-29-23(7-22(21)32-19-13-38-14-19)24-5-4-20-6-16(8-28)9-30-36(20)24/h4-7,9-10,17-19,25H,2-3,11-14H2,1H3,(H,29,32)(H,31,37)/t17-,18+,25?. The molecule has 198 valence electrons. The van der Waals surface area contributed by atoms with Crippen molar-refractivity contribution in [3.05, 3.63) is 42.2 Å². The summed E-state index contributed by atoms with van der Waals surface area (Å²) in [7, 11) is 0. The molecule has 4 aromatic rings. The van der Waals surface area contributed by atoms with Gasteiger partial charge in [-0.15, -0.1) is 10.2 Å². The highest BCUT2D eigenvalue weighted by Crippen LogP contribution is 2.41. The Hall–Kier alpha value is -4.08. The lowest BCUT2D eigenvalue weighted by molar-refractivity contribution is -0.120. The fraction of sp³-hybridized carbons (Fsp3) is 0.407. The molecule has 0 radical (unpaired) electrons. The maximum absolute atomic E-state index is 11.7. The second-order valence-electron chi connectivity index (χ2n) is 10.5. The third-order valence-electron chi connectivity index (χ3n) is 7.91. The Morgan fingerprint density at radius 3 is 2.69 bits per heavy atom. The topological polar surface area (TPSA) is 133 Å². The largest absolute Gasteiger partial charge is 0.377 e. The minimum absolute atomic E-state index is 0.0484. The van der Waals surface area contributed by atoms with Gasteiger partial charge in [-0.05, 0) is 48.9 Å². The molecule has 1 saturated carbocycles. The Kier molecular flexibility index (Phi) is 5.90. The van der Waals surface area contributed by atoms with Crippen LogP contribution < -0.4 is 15.5 Å². The van der Waals surface area contributed by atoms with Gasteiger partial charge in [0.15, 0.2) is 5.01 Å². The number of carbonyl (C=O) groups excluding carboxylic acids is 1. The predicted octanol–water partition coefficient (Wildman–Crippen LogP) is 2.95. The number of nitriles is 1. The first-order chi connectivity index (χ1) is 19.1. The van der Waals surface area contributed by atoms with Gasteiger partial charge in [0, 0.05) is 37.9 Å². The molecule has 12 heteroatoms. The van der Waals surface area contributed by atoms with Crippen LogP contribution in [-0.2, 0) is 9.53 Å². The van der Waals surface area contributed by atoms with E-state index < -0.39 is 0 Å². The summed E-state index contributed by atoms with van der Waals surface area (Å²) >= 11 is 1.57. The lowest BCUT2D eigenvalue weighted by Gasteiger charge is -2.37. The van der Waals surface area contributed by atoms with Crippen LogP contribution in [0.1, 0.15) is 25.3 Å². The van der Waals surface area contributed by atoms with Gasteiger partial charge in [-0.2, -0.15) is 10.4 Å². The quantitative estimate of drug-likeness (QED) is 0.378. The third kappa shape index (κ3) is 4.37. The minimum atomic E-state index is 0.0484. The first kappa shape index (κ1) is 24.0. The third-order valence-corrected chi connectivity index (χ3v) is 8.93. The van der Waals surface area contributed by atoms with E-state index in [2.05, 4.69) is 36.9 Å². The van der Waals surface area contributed by atoms with Gasteiger partial charge < -0.3 is 20.3 Å². The van der Waals surface area contributed by atoms with E-state index in [1.54, 1.807) is 29.0 Å². The van der Waals surface area contributed by atoms with Gasteiger partial charge in [-0.25, -0.2) is 4.52 Å². The number of pyridine rings is 1. The van der Waals surface area contributed by atoms with E-state index in [1.807, 2.05) is 30.5 Å². The first-order valence-electron chi connectivity index (χ1n) is 13.1. The zero-order chi connectivity index (χ0) is 26.5. The van der Waals surface area contributed by atoms with E-state index in [0.29, 0.717) is 30.6 Å². The maximum atomic E-state index is 11.7. The second-order valence-corrected chi connectivity index (χ2v) is 11.5. The Balaban J connectivity index is 1.19. The summed E-state index contributed by atoms with van der Waals surface area (Å²) in [5.41, 5.74) is 4.77. The molecule has 0 aromatic carbocycles. The molecule has 1 amide bonds. The second kappa shape index (κ2) is 9.59. The number of nitrogens with zero attached hydrogens (tertiary/aromatic N) is 7. The number of ether oxygens (including phenoxy) is 1. The van der Waals surface area contributed by atoms with Crippen LogP contribution in [0.25, 0.3) is 27.5 Å². The van der Waals surface area contributed by atoms with E-state index in [9.17, 15) is 10.1 Å². The van der Waals surface area contributed by atoms with Crippen LogP contribution in [0.4, 0.5) is 10.8 Å². The molecule has 6 heterocycles. The molecule has 0 spiro atoms. The molecule has 7 rings (SSSR count). The van der Waals surface area contributed by atoms with Crippen molar-refractivity contribution in [2.24, 2.45) is 11.8 Å². The molecule has 2 aliphatic heterocycles. The molecule has 3 atom stereocenters. The molecule has 3 aliphatic rings. The zero-order valence-corrected chi connectivity index (χ0v) is 22.2. The van der Waals surface area contributed by atoms with Crippen molar-refractivity contribution in [3.8, 4) is 28.0 Å². The summed E-state index contributed by atoms with van der Waals surface area (Å²) in [6.07, 6.45) is 5.66. The fourth-order valence-electron chi connectivity index (χ4n) is 5.98. The number of nitrogens with one attached hydrogen (secondary N) is 2. The van der Waals surface area contributed by atoms with Crippen molar-refractivity contribution in [1.82, 2.24) is 30.1 Å². The summed E-state index contributed by atoms with van der Waals surface area (Å²) in [5.74, 6) is 0.922. The van der Waals surface area contributed by atoms with Gasteiger partial charge in [-0.1, -0.05) is 11.3 Å².